The number of nitrogens with two attached hydrogens (primary N) is 1. The van der Waals surface area contributed by atoms with E-state index in [1.165, 1.54) is 0 Å². The van der Waals surface area contributed by atoms with Gasteiger partial charge in [0.2, 0.25) is 11.8 Å². The minimum atomic E-state index is -0.534. The lowest BCUT2D eigenvalue weighted by Crippen LogP contribution is -2.35. The highest BCUT2D eigenvalue weighted by Gasteiger charge is 2.16. The van der Waals surface area contributed by atoms with Crippen molar-refractivity contribution in [2.24, 2.45) is 5.73 Å². The van der Waals surface area contributed by atoms with Crippen LogP contribution in [-0.2, 0) is 9.59 Å². The Morgan fingerprint density at radius 2 is 1.84 bits per heavy atom. The van der Waals surface area contributed by atoms with Crippen molar-refractivity contribution in [1.82, 2.24) is 9.78 Å². The summed E-state index contributed by atoms with van der Waals surface area (Å²) in [4.78, 5) is 24.2. The second kappa shape index (κ2) is 9.80. The molecule has 0 spiro atoms. The van der Waals surface area contributed by atoms with Crippen LogP contribution in [0.2, 0.25) is 0 Å². The average Bonchev–Trinajstić information content (AvgIpc) is 3.09. The van der Waals surface area contributed by atoms with E-state index in [-0.39, 0.29) is 24.2 Å². The molecule has 1 aromatic heterocycles. The van der Waals surface area contributed by atoms with Gasteiger partial charge in [0.05, 0.1) is 6.04 Å². The summed E-state index contributed by atoms with van der Waals surface area (Å²) in [5.74, 6) is -0.421. The molecule has 0 fully saturated rings. The van der Waals surface area contributed by atoms with Crippen molar-refractivity contribution < 1.29 is 9.59 Å². The van der Waals surface area contributed by atoms with Crippen LogP contribution in [0.15, 0.2) is 42.7 Å². The van der Waals surface area contributed by atoms with E-state index in [0.717, 1.165) is 6.42 Å². The Morgan fingerprint density at radius 1 is 1.20 bits per heavy atom. The number of benzene rings is 1. The van der Waals surface area contributed by atoms with Crippen molar-refractivity contribution in [2.75, 3.05) is 10.6 Å². The highest BCUT2D eigenvalue weighted by atomic mass is 35.5. The summed E-state index contributed by atoms with van der Waals surface area (Å²) in [7, 11) is 0. The summed E-state index contributed by atoms with van der Waals surface area (Å²) < 4.78 is 1.57. The third kappa shape index (κ3) is 5.88. The van der Waals surface area contributed by atoms with E-state index in [1.54, 1.807) is 54.3 Å². The monoisotopic (exact) mass is 365 g/mol. The van der Waals surface area contributed by atoms with Crippen LogP contribution >= 0.6 is 12.4 Å². The van der Waals surface area contributed by atoms with Gasteiger partial charge in [-0.2, -0.15) is 5.10 Å². The highest BCUT2D eigenvalue weighted by Crippen LogP contribution is 2.17. The predicted molar refractivity (Wildman–Crippen MR) is 101 cm³/mol. The van der Waals surface area contributed by atoms with Crippen LogP contribution in [0.4, 0.5) is 11.4 Å². The molecule has 1 aromatic carbocycles. The third-order valence-electron chi connectivity index (χ3n) is 3.64. The normalized spacial score (nSPS) is 12.6. The second-order valence-corrected chi connectivity index (χ2v) is 5.62. The molecule has 1 heterocycles. The van der Waals surface area contributed by atoms with Gasteiger partial charge in [-0.3, -0.25) is 14.3 Å². The molecule has 0 aliphatic rings. The molecule has 0 aliphatic carbocycles. The molecule has 0 aliphatic heterocycles. The summed E-state index contributed by atoms with van der Waals surface area (Å²) in [6.45, 7) is 3.74. The quantitative estimate of drug-likeness (QED) is 0.701. The molecule has 4 N–H and O–H groups in total. The van der Waals surface area contributed by atoms with Crippen LogP contribution in [0.25, 0.3) is 0 Å². The minimum absolute atomic E-state index is 0. The number of amides is 2. The van der Waals surface area contributed by atoms with Crippen molar-refractivity contribution in [3.63, 3.8) is 0 Å². The summed E-state index contributed by atoms with van der Waals surface area (Å²) in [6, 6.07) is 7.77. The first kappa shape index (κ1) is 20.7. The summed E-state index contributed by atoms with van der Waals surface area (Å²) in [5, 5.41) is 9.64. The maximum Gasteiger partial charge on any atom is 0.248 e. The Balaban J connectivity index is 0.00000312. The van der Waals surface area contributed by atoms with E-state index in [1.807, 2.05) is 6.92 Å². The van der Waals surface area contributed by atoms with E-state index in [2.05, 4.69) is 15.7 Å². The number of hydrogen-bond donors (Lipinski definition) is 3. The smallest absolute Gasteiger partial charge is 0.248 e. The first-order chi connectivity index (χ1) is 11.5. The van der Waals surface area contributed by atoms with Gasteiger partial charge in [0, 0.05) is 23.8 Å². The molecule has 2 amide bonds. The lowest BCUT2D eigenvalue weighted by Gasteiger charge is -2.14. The zero-order valence-corrected chi connectivity index (χ0v) is 15.1. The lowest BCUT2D eigenvalue weighted by molar-refractivity contribution is -0.119. The number of anilines is 2. The van der Waals surface area contributed by atoms with E-state index >= 15 is 0 Å². The number of rotatable bonds is 7. The summed E-state index contributed by atoms with van der Waals surface area (Å²) >= 11 is 0. The first-order valence-corrected chi connectivity index (χ1v) is 7.97. The standard InChI is InChI=1S/C17H23N5O2.ClH/c1-3-6-15(18)17(24)21-14-8-4-7-13(11-14)20-16(23)12(2)22-10-5-9-19-22;/h4-5,7-12,15H,3,6,18H2,1-2H3,(H,20,23)(H,21,24);1H. The average molecular weight is 366 g/mol. The van der Waals surface area contributed by atoms with Crippen LogP contribution in [0.3, 0.4) is 0 Å². The molecule has 8 heteroatoms. The topological polar surface area (TPSA) is 102 Å². The van der Waals surface area contributed by atoms with Gasteiger partial charge >= 0.3 is 0 Å². The van der Waals surface area contributed by atoms with Crippen LogP contribution in [0, 0.1) is 0 Å². The molecule has 0 saturated carbocycles. The van der Waals surface area contributed by atoms with Crippen molar-refractivity contribution in [1.29, 1.82) is 0 Å². The van der Waals surface area contributed by atoms with Crippen LogP contribution in [-0.4, -0.2) is 27.6 Å². The zero-order chi connectivity index (χ0) is 17.5. The third-order valence-corrected chi connectivity index (χ3v) is 3.64. The van der Waals surface area contributed by atoms with Gasteiger partial charge in [0.15, 0.2) is 0 Å². The van der Waals surface area contributed by atoms with E-state index in [9.17, 15) is 9.59 Å². The Bertz CT molecular complexity index is 690. The summed E-state index contributed by atoms with van der Waals surface area (Å²) in [6.07, 6.45) is 4.83. The molecule has 25 heavy (non-hydrogen) atoms. The maximum atomic E-state index is 12.3. The number of nitrogens with zero attached hydrogens (tertiary/aromatic N) is 2. The number of halogens is 1. The van der Waals surface area contributed by atoms with Crippen molar-refractivity contribution in [2.45, 2.75) is 38.8 Å². The number of aromatic nitrogens is 2. The largest absolute Gasteiger partial charge is 0.325 e. The molecule has 7 nitrogen and oxygen atoms in total. The molecular weight excluding hydrogens is 342 g/mol. The van der Waals surface area contributed by atoms with Crippen molar-refractivity contribution in [3.05, 3.63) is 42.7 Å². The zero-order valence-electron chi connectivity index (χ0n) is 14.3. The van der Waals surface area contributed by atoms with Crippen molar-refractivity contribution in [3.8, 4) is 0 Å². The van der Waals surface area contributed by atoms with Gasteiger partial charge < -0.3 is 16.4 Å². The molecule has 2 rings (SSSR count). The van der Waals surface area contributed by atoms with Gasteiger partial charge in [-0.15, -0.1) is 12.4 Å². The Kier molecular flexibility index (Phi) is 8.10. The molecule has 2 unspecified atom stereocenters. The van der Waals surface area contributed by atoms with E-state index < -0.39 is 12.1 Å². The van der Waals surface area contributed by atoms with Crippen LogP contribution in [0.5, 0.6) is 0 Å². The fourth-order valence-corrected chi connectivity index (χ4v) is 2.23. The van der Waals surface area contributed by atoms with Gasteiger partial charge in [-0.1, -0.05) is 19.4 Å². The minimum Gasteiger partial charge on any atom is -0.325 e. The number of hydrogen-bond acceptors (Lipinski definition) is 4. The number of nitrogens with one attached hydrogen (secondary N) is 2. The van der Waals surface area contributed by atoms with E-state index in [4.69, 9.17) is 5.73 Å². The fraction of sp³-hybridized carbons (Fsp3) is 0.353. The second-order valence-electron chi connectivity index (χ2n) is 5.62. The fourth-order valence-electron chi connectivity index (χ4n) is 2.23. The Labute approximate surface area is 153 Å². The summed E-state index contributed by atoms with van der Waals surface area (Å²) in [5.41, 5.74) is 6.99. The molecule has 2 aromatic rings. The molecule has 0 radical (unpaired) electrons. The molecule has 2 atom stereocenters. The molecule has 0 bridgehead atoms. The van der Waals surface area contributed by atoms with Crippen LogP contribution in [0.1, 0.15) is 32.7 Å². The molecular formula is C17H24ClN5O2. The number of carbonyl (C=O) groups is 2. The SMILES string of the molecule is CCCC(N)C(=O)Nc1cccc(NC(=O)C(C)n2cccn2)c1.Cl. The lowest BCUT2D eigenvalue weighted by atomic mass is 10.1. The maximum absolute atomic E-state index is 12.3. The first-order valence-electron chi connectivity index (χ1n) is 7.97. The molecule has 0 saturated heterocycles. The van der Waals surface area contributed by atoms with E-state index in [0.29, 0.717) is 17.8 Å². The van der Waals surface area contributed by atoms with Gasteiger partial charge in [-0.25, -0.2) is 0 Å². The number of carbonyl (C=O) groups excluding carboxylic acids is 2. The Morgan fingerprint density at radius 3 is 2.40 bits per heavy atom. The predicted octanol–water partition coefficient (Wildman–Crippen LogP) is 2.57. The van der Waals surface area contributed by atoms with Gasteiger partial charge in [-0.05, 0) is 37.6 Å². The Hall–Kier alpha value is -2.38. The highest BCUT2D eigenvalue weighted by molar-refractivity contribution is 5.97. The van der Waals surface area contributed by atoms with Crippen LogP contribution < -0.4 is 16.4 Å². The van der Waals surface area contributed by atoms with Crippen molar-refractivity contribution >= 4 is 35.6 Å². The van der Waals surface area contributed by atoms with Gasteiger partial charge in [0.1, 0.15) is 6.04 Å². The molecule has 136 valence electrons. The van der Waals surface area contributed by atoms with Gasteiger partial charge in [0.25, 0.3) is 0 Å².